The fraction of sp³-hybridized carbons (Fsp3) is 0.800. The second kappa shape index (κ2) is 1.61. The van der Waals surface area contributed by atoms with E-state index >= 15 is 0 Å². The zero-order valence-electron chi connectivity index (χ0n) is 3.70. The highest BCUT2D eigenvalue weighted by atomic mass is 14.9. The van der Waals surface area contributed by atoms with E-state index in [0.29, 0.717) is 0 Å². The van der Waals surface area contributed by atoms with Gasteiger partial charge in [-0.15, -0.1) is 0 Å². The summed E-state index contributed by atoms with van der Waals surface area (Å²) in [7, 11) is 0. The lowest BCUT2D eigenvalue weighted by Gasteiger charge is -1.89. The molecule has 1 heterocycles. The van der Waals surface area contributed by atoms with Crippen molar-refractivity contribution in [1.82, 2.24) is 5.32 Å². The molecule has 0 aliphatic carbocycles. The molecule has 0 saturated carbocycles. The highest BCUT2D eigenvalue weighted by Gasteiger charge is 2.06. The molecule has 0 spiro atoms. The largest absolute Gasteiger partial charge is 0.316 e. The lowest BCUT2D eigenvalue weighted by molar-refractivity contribution is 0.724. The van der Waals surface area contributed by atoms with Crippen LogP contribution in [-0.4, -0.2) is 13.1 Å². The van der Waals surface area contributed by atoms with Crippen LogP contribution in [0.4, 0.5) is 0 Å². The molecule has 1 rings (SSSR count). The van der Waals surface area contributed by atoms with Gasteiger partial charge in [-0.25, -0.2) is 0 Å². The van der Waals surface area contributed by atoms with Gasteiger partial charge < -0.3 is 5.32 Å². The molecule has 0 aromatic heterocycles. The van der Waals surface area contributed by atoms with Gasteiger partial charge in [-0.05, 0) is 32.4 Å². The molecule has 1 fully saturated rings. The van der Waals surface area contributed by atoms with Gasteiger partial charge in [-0.3, -0.25) is 0 Å². The van der Waals surface area contributed by atoms with Gasteiger partial charge in [-0.1, -0.05) is 0 Å². The molecule has 1 N–H and O–H groups in total. The topological polar surface area (TPSA) is 12.0 Å². The molecule has 0 aromatic rings. The lowest BCUT2D eigenvalue weighted by Crippen LogP contribution is -2.06. The Morgan fingerprint density at radius 3 is 2.67 bits per heavy atom. The molecule has 0 bridgehead atoms. The van der Waals surface area contributed by atoms with Crippen LogP contribution in [0.1, 0.15) is 6.42 Å². The molecule has 33 valence electrons. The number of rotatable bonds is 0. The summed E-state index contributed by atoms with van der Waals surface area (Å²) in [6, 6.07) is 0. The van der Waals surface area contributed by atoms with Crippen LogP contribution in [-0.2, 0) is 0 Å². The van der Waals surface area contributed by atoms with E-state index in [2.05, 4.69) is 5.32 Å². The van der Waals surface area contributed by atoms with Crippen molar-refractivity contribution in [2.24, 2.45) is 5.92 Å². The first-order valence-corrected chi connectivity index (χ1v) is 2.31. The average Bonchev–Trinajstić information content (AvgIpc) is 1.86. The molecule has 1 nitrogen and oxygen atoms in total. The molecule has 1 unspecified atom stereocenters. The highest BCUT2D eigenvalue weighted by Crippen LogP contribution is 2.02. The van der Waals surface area contributed by atoms with Crippen molar-refractivity contribution in [2.75, 3.05) is 13.1 Å². The Labute approximate surface area is 38.7 Å². The molecule has 0 aromatic carbocycles. The first-order chi connectivity index (χ1) is 2.89. The van der Waals surface area contributed by atoms with Crippen molar-refractivity contribution in [3.05, 3.63) is 6.92 Å². The van der Waals surface area contributed by atoms with Gasteiger partial charge in [0.15, 0.2) is 0 Å². The van der Waals surface area contributed by atoms with Crippen molar-refractivity contribution in [2.45, 2.75) is 6.42 Å². The second-order valence-electron chi connectivity index (χ2n) is 1.69. The molecule has 3 radical (unpaired) electrons. The third kappa shape index (κ3) is 0.716. The van der Waals surface area contributed by atoms with Gasteiger partial charge in [0.05, 0.1) is 0 Å². The third-order valence-electron chi connectivity index (χ3n) is 1.06. The van der Waals surface area contributed by atoms with Gasteiger partial charge in [0.25, 0.3) is 0 Å². The molecular weight excluding hydrogens is 74.1 g/mol. The van der Waals surface area contributed by atoms with Crippen molar-refractivity contribution in [1.29, 1.82) is 0 Å². The van der Waals surface area contributed by atoms with Crippen molar-refractivity contribution in [3.8, 4) is 0 Å². The number of hydrogen-bond donors (Lipinski definition) is 1. The molecule has 1 aliphatic heterocycles. The average molecular weight is 82.1 g/mol. The normalized spacial score (nSPS) is 34.5. The third-order valence-corrected chi connectivity index (χ3v) is 1.06. The van der Waals surface area contributed by atoms with Crippen LogP contribution in [0.5, 0.6) is 0 Å². The molecule has 6 heavy (non-hydrogen) atoms. The molecule has 0 amide bonds. The van der Waals surface area contributed by atoms with Crippen LogP contribution in [0.2, 0.25) is 0 Å². The Balaban J connectivity index is 2.18. The number of hydrogen-bond acceptors (Lipinski definition) is 1. The zero-order chi connectivity index (χ0) is 4.41. The van der Waals surface area contributed by atoms with Crippen LogP contribution >= 0.6 is 0 Å². The van der Waals surface area contributed by atoms with Crippen LogP contribution in [0.25, 0.3) is 0 Å². The summed E-state index contributed by atoms with van der Waals surface area (Å²) in [5.74, 6) is 0.185. The fourth-order valence-corrected chi connectivity index (χ4v) is 0.655. The Bertz CT molecular complexity index is 37.2. The summed E-state index contributed by atoms with van der Waals surface area (Å²) in [5, 5.41) is 3.08. The second-order valence-corrected chi connectivity index (χ2v) is 1.69. The van der Waals surface area contributed by atoms with E-state index < -0.39 is 0 Å². The first kappa shape index (κ1) is 4.13. The van der Waals surface area contributed by atoms with Crippen LogP contribution in [0, 0.1) is 12.8 Å². The Kier molecular flexibility index (Phi) is 1.10. The highest BCUT2D eigenvalue weighted by molar-refractivity contribution is 4.71. The van der Waals surface area contributed by atoms with Crippen LogP contribution in [0.15, 0.2) is 0 Å². The maximum absolute atomic E-state index is 7.07. The molecule has 1 atom stereocenters. The minimum absolute atomic E-state index is 0.185. The monoisotopic (exact) mass is 82.1 g/mol. The standard InChI is InChI=1S/C5H8N/c1-5-2-3-6-4-5/h5-6H,2-4H2. The summed E-state index contributed by atoms with van der Waals surface area (Å²) in [4.78, 5) is 0. The quantitative estimate of drug-likeness (QED) is 0.439. The maximum atomic E-state index is 7.07. The first-order valence-electron chi connectivity index (χ1n) is 2.31. The minimum Gasteiger partial charge on any atom is -0.316 e. The summed E-state index contributed by atoms with van der Waals surface area (Å²) >= 11 is 0. The van der Waals surface area contributed by atoms with Crippen LogP contribution < -0.4 is 5.32 Å². The van der Waals surface area contributed by atoms with E-state index in [1.807, 2.05) is 0 Å². The fourth-order valence-electron chi connectivity index (χ4n) is 0.655. The van der Waals surface area contributed by atoms with Crippen LogP contribution in [0.3, 0.4) is 0 Å². The van der Waals surface area contributed by atoms with Crippen molar-refractivity contribution >= 4 is 0 Å². The smallest absolute Gasteiger partial charge is 0.00141 e. The molecular formula is C5H8N. The van der Waals surface area contributed by atoms with E-state index in [1.165, 1.54) is 0 Å². The van der Waals surface area contributed by atoms with E-state index in [0.717, 1.165) is 19.5 Å². The van der Waals surface area contributed by atoms with Gasteiger partial charge in [-0.2, -0.15) is 0 Å². The predicted octanol–water partition coefficient (Wildman–Crippen LogP) is 0.184. The molecule has 1 aliphatic rings. The Morgan fingerprint density at radius 1 is 1.67 bits per heavy atom. The van der Waals surface area contributed by atoms with Gasteiger partial charge in [0, 0.05) is 0 Å². The van der Waals surface area contributed by atoms with E-state index in [-0.39, 0.29) is 5.92 Å². The molecule has 1 saturated heterocycles. The summed E-state index contributed by atoms with van der Waals surface area (Å²) < 4.78 is 0. The van der Waals surface area contributed by atoms with Crippen molar-refractivity contribution < 1.29 is 0 Å². The summed E-state index contributed by atoms with van der Waals surface area (Å²) in [6.45, 7) is 9.02. The van der Waals surface area contributed by atoms with E-state index in [4.69, 9.17) is 6.92 Å². The Morgan fingerprint density at radius 2 is 2.50 bits per heavy atom. The minimum atomic E-state index is 0.185. The van der Waals surface area contributed by atoms with E-state index in [9.17, 15) is 0 Å². The van der Waals surface area contributed by atoms with Crippen molar-refractivity contribution in [3.63, 3.8) is 0 Å². The lowest BCUT2D eigenvalue weighted by atomic mass is 10.2. The Hall–Kier alpha value is -0.0400. The van der Waals surface area contributed by atoms with Gasteiger partial charge >= 0.3 is 0 Å². The SMILES string of the molecule is [C]C1CCNC1. The molecule has 1 heteroatoms. The van der Waals surface area contributed by atoms with Gasteiger partial charge in [0.2, 0.25) is 0 Å². The number of nitrogens with one attached hydrogen (secondary N) is 1. The zero-order valence-corrected chi connectivity index (χ0v) is 3.70. The summed E-state index contributed by atoms with van der Waals surface area (Å²) in [6.07, 6.45) is 1.04. The summed E-state index contributed by atoms with van der Waals surface area (Å²) in [5.41, 5.74) is 0. The van der Waals surface area contributed by atoms with Gasteiger partial charge in [0.1, 0.15) is 0 Å². The predicted molar refractivity (Wildman–Crippen MR) is 24.2 cm³/mol. The maximum Gasteiger partial charge on any atom is -0.00141 e. The van der Waals surface area contributed by atoms with E-state index in [1.54, 1.807) is 0 Å².